The largest absolute Gasteiger partial charge is 0.481 e. The zero-order valence-electron chi connectivity index (χ0n) is 16.9. The number of nitrogens with zero attached hydrogens (tertiary/aromatic N) is 2. The van der Waals surface area contributed by atoms with E-state index in [1.165, 1.54) is 11.1 Å². The van der Waals surface area contributed by atoms with Gasteiger partial charge in [-0.1, -0.05) is 49.4 Å². The third-order valence-corrected chi connectivity index (χ3v) is 5.30. The number of piperazine rings is 1. The summed E-state index contributed by atoms with van der Waals surface area (Å²) in [6.45, 7) is 11.0. The molecule has 150 valence electrons. The molecule has 1 fully saturated rings. The number of nitrogens with one attached hydrogen (secondary N) is 1. The van der Waals surface area contributed by atoms with E-state index in [4.69, 9.17) is 4.74 Å². The fourth-order valence-corrected chi connectivity index (χ4v) is 3.47. The highest BCUT2D eigenvalue weighted by molar-refractivity contribution is 5.80. The van der Waals surface area contributed by atoms with Crippen LogP contribution in [-0.2, 0) is 17.9 Å². The minimum absolute atomic E-state index is 0.102. The minimum atomic E-state index is -0.531. The smallest absolute Gasteiger partial charge is 0.261 e. The van der Waals surface area contributed by atoms with Gasteiger partial charge in [-0.05, 0) is 36.7 Å². The lowest BCUT2D eigenvalue weighted by Gasteiger charge is -2.34. The standard InChI is InChI=1S/C23H31N3O2/c1-3-25-13-15-26(16-14-25)18-21-10-8-7-9-20(21)17-24-23(27)19(2)28-22-11-5-4-6-12-22/h4-12,19H,3,13-18H2,1-2H3,(H,24,27). The van der Waals surface area contributed by atoms with Crippen LogP contribution < -0.4 is 10.1 Å². The van der Waals surface area contributed by atoms with Crippen LogP contribution in [0.3, 0.4) is 0 Å². The first kappa shape index (κ1) is 20.4. The van der Waals surface area contributed by atoms with Gasteiger partial charge in [0.1, 0.15) is 5.75 Å². The summed E-state index contributed by atoms with van der Waals surface area (Å²) < 4.78 is 5.71. The van der Waals surface area contributed by atoms with Crippen LogP contribution in [0, 0.1) is 0 Å². The summed E-state index contributed by atoms with van der Waals surface area (Å²) in [6, 6.07) is 17.8. The maximum Gasteiger partial charge on any atom is 0.261 e. The summed E-state index contributed by atoms with van der Waals surface area (Å²) in [5.74, 6) is 0.604. The van der Waals surface area contributed by atoms with Gasteiger partial charge in [-0.25, -0.2) is 0 Å². The lowest BCUT2D eigenvalue weighted by atomic mass is 10.1. The molecule has 1 aliphatic rings. The Kier molecular flexibility index (Phi) is 7.46. The highest BCUT2D eigenvalue weighted by Gasteiger charge is 2.18. The van der Waals surface area contributed by atoms with Gasteiger partial charge in [-0.15, -0.1) is 0 Å². The summed E-state index contributed by atoms with van der Waals surface area (Å²) in [5, 5.41) is 3.02. The first-order chi connectivity index (χ1) is 13.7. The van der Waals surface area contributed by atoms with Gasteiger partial charge >= 0.3 is 0 Å². The molecule has 2 aromatic carbocycles. The van der Waals surface area contributed by atoms with Crippen molar-refractivity contribution in [2.45, 2.75) is 33.0 Å². The Morgan fingerprint density at radius 1 is 0.964 bits per heavy atom. The number of amides is 1. The number of ether oxygens (including phenoxy) is 1. The number of rotatable bonds is 8. The molecule has 0 spiro atoms. The SMILES string of the molecule is CCN1CCN(Cc2ccccc2CNC(=O)C(C)Oc2ccccc2)CC1. The van der Waals surface area contributed by atoms with Crippen LogP contribution >= 0.6 is 0 Å². The molecule has 0 aliphatic carbocycles. The zero-order valence-corrected chi connectivity index (χ0v) is 16.9. The van der Waals surface area contributed by atoms with Crippen molar-refractivity contribution in [3.8, 4) is 5.75 Å². The lowest BCUT2D eigenvalue weighted by molar-refractivity contribution is -0.127. The average Bonchev–Trinajstić information content (AvgIpc) is 2.74. The molecule has 0 saturated carbocycles. The predicted octanol–water partition coefficient (Wildman–Crippen LogP) is 2.91. The molecular formula is C23H31N3O2. The first-order valence-electron chi connectivity index (χ1n) is 10.2. The van der Waals surface area contributed by atoms with E-state index in [9.17, 15) is 4.79 Å². The van der Waals surface area contributed by atoms with Crippen LogP contribution in [0.25, 0.3) is 0 Å². The van der Waals surface area contributed by atoms with Crippen molar-refractivity contribution in [2.24, 2.45) is 0 Å². The van der Waals surface area contributed by atoms with Gasteiger partial charge in [-0.3, -0.25) is 9.69 Å². The van der Waals surface area contributed by atoms with E-state index in [2.05, 4.69) is 40.2 Å². The maximum absolute atomic E-state index is 12.4. The number of hydrogen-bond donors (Lipinski definition) is 1. The molecule has 1 amide bonds. The molecule has 0 bridgehead atoms. The van der Waals surface area contributed by atoms with Gasteiger partial charge in [0.2, 0.25) is 0 Å². The quantitative estimate of drug-likeness (QED) is 0.764. The molecule has 1 heterocycles. The highest BCUT2D eigenvalue weighted by atomic mass is 16.5. The molecule has 1 aliphatic heterocycles. The van der Waals surface area contributed by atoms with Gasteiger partial charge in [0.15, 0.2) is 6.10 Å². The number of benzene rings is 2. The Morgan fingerprint density at radius 2 is 1.57 bits per heavy atom. The maximum atomic E-state index is 12.4. The van der Waals surface area contributed by atoms with Crippen LogP contribution in [-0.4, -0.2) is 54.5 Å². The van der Waals surface area contributed by atoms with Crippen LogP contribution in [0.15, 0.2) is 54.6 Å². The fourth-order valence-electron chi connectivity index (χ4n) is 3.47. The third kappa shape index (κ3) is 5.81. The number of para-hydroxylation sites is 1. The molecular weight excluding hydrogens is 350 g/mol. The number of carbonyl (C=O) groups excluding carboxylic acids is 1. The third-order valence-electron chi connectivity index (χ3n) is 5.30. The van der Waals surface area contributed by atoms with Crippen molar-refractivity contribution >= 4 is 5.91 Å². The van der Waals surface area contributed by atoms with E-state index in [-0.39, 0.29) is 5.91 Å². The molecule has 0 aromatic heterocycles. The second-order valence-electron chi connectivity index (χ2n) is 7.27. The second-order valence-corrected chi connectivity index (χ2v) is 7.27. The van der Waals surface area contributed by atoms with Gasteiger partial charge in [0.05, 0.1) is 0 Å². The summed E-state index contributed by atoms with van der Waals surface area (Å²) >= 11 is 0. The van der Waals surface area contributed by atoms with Gasteiger partial charge < -0.3 is 15.0 Å². The van der Waals surface area contributed by atoms with E-state index in [1.807, 2.05) is 36.4 Å². The van der Waals surface area contributed by atoms with E-state index in [1.54, 1.807) is 6.92 Å². The van der Waals surface area contributed by atoms with Crippen LogP contribution in [0.4, 0.5) is 0 Å². The average molecular weight is 382 g/mol. The number of carbonyl (C=O) groups is 1. The molecule has 0 radical (unpaired) electrons. The van der Waals surface area contributed by atoms with Gasteiger partial charge in [-0.2, -0.15) is 0 Å². The molecule has 5 nitrogen and oxygen atoms in total. The van der Waals surface area contributed by atoms with E-state index < -0.39 is 6.10 Å². The van der Waals surface area contributed by atoms with Crippen molar-refractivity contribution in [3.63, 3.8) is 0 Å². The Labute approximate surface area is 168 Å². The van der Waals surface area contributed by atoms with Crippen molar-refractivity contribution in [1.82, 2.24) is 15.1 Å². The molecule has 1 saturated heterocycles. The van der Waals surface area contributed by atoms with Crippen molar-refractivity contribution in [3.05, 3.63) is 65.7 Å². The van der Waals surface area contributed by atoms with Gasteiger partial charge in [0, 0.05) is 39.3 Å². The van der Waals surface area contributed by atoms with Crippen molar-refractivity contribution in [2.75, 3.05) is 32.7 Å². The first-order valence-corrected chi connectivity index (χ1v) is 10.2. The Bertz CT molecular complexity index is 743. The van der Waals surface area contributed by atoms with Crippen LogP contribution in [0.2, 0.25) is 0 Å². The minimum Gasteiger partial charge on any atom is -0.481 e. The van der Waals surface area contributed by atoms with Crippen molar-refractivity contribution in [1.29, 1.82) is 0 Å². The van der Waals surface area contributed by atoms with Crippen LogP contribution in [0.5, 0.6) is 5.75 Å². The summed E-state index contributed by atoms with van der Waals surface area (Å²) in [4.78, 5) is 17.4. The summed E-state index contributed by atoms with van der Waals surface area (Å²) in [7, 11) is 0. The van der Waals surface area contributed by atoms with E-state index in [0.29, 0.717) is 12.3 Å². The number of likely N-dealkylation sites (N-methyl/N-ethyl adjacent to an activating group) is 1. The normalized spacial score (nSPS) is 16.5. The molecule has 1 unspecified atom stereocenters. The molecule has 5 heteroatoms. The Balaban J connectivity index is 1.52. The Hall–Kier alpha value is -2.37. The summed E-state index contributed by atoms with van der Waals surface area (Å²) in [6.07, 6.45) is -0.531. The van der Waals surface area contributed by atoms with Crippen molar-refractivity contribution < 1.29 is 9.53 Å². The van der Waals surface area contributed by atoms with Gasteiger partial charge in [0.25, 0.3) is 5.91 Å². The fraction of sp³-hybridized carbons (Fsp3) is 0.435. The number of hydrogen-bond acceptors (Lipinski definition) is 4. The van der Waals surface area contributed by atoms with E-state index >= 15 is 0 Å². The molecule has 1 atom stereocenters. The van der Waals surface area contributed by atoms with E-state index in [0.717, 1.165) is 39.3 Å². The molecule has 1 N–H and O–H groups in total. The second kappa shape index (κ2) is 10.2. The Morgan fingerprint density at radius 3 is 2.25 bits per heavy atom. The molecule has 2 aromatic rings. The summed E-state index contributed by atoms with van der Waals surface area (Å²) in [5.41, 5.74) is 2.45. The monoisotopic (exact) mass is 381 g/mol. The zero-order chi connectivity index (χ0) is 19.8. The predicted molar refractivity (Wildman–Crippen MR) is 112 cm³/mol. The molecule has 3 rings (SSSR count). The van der Waals surface area contributed by atoms with Crippen LogP contribution in [0.1, 0.15) is 25.0 Å². The topological polar surface area (TPSA) is 44.8 Å². The molecule has 28 heavy (non-hydrogen) atoms. The lowest BCUT2D eigenvalue weighted by Crippen LogP contribution is -2.45. The highest BCUT2D eigenvalue weighted by Crippen LogP contribution is 2.14.